The average molecular weight is 318 g/mol. The fraction of sp³-hybridized carbons (Fsp3) is 0.235. The number of aliphatic hydroxyl groups is 1. The van der Waals surface area contributed by atoms with Crippen LogP contribution in [0.15, 0.2) is 54.9 Å². The van der Waals surface area contributed by atoms with E-state index in [0.717, 1.165) is 11.0 Å². The summed E-state index contributed by atoms with van der Waals surface area (Å²) >= 11 is 6.03. The minimum atomic E-state index is -0.618. The maximum Gasteiger partial charge on any atom is 0.244 e. The number of aryl methyl sites for hydroxylation is 1. The first-order valence-corrected chi connectivity index (χ1v) is 7.52. The molecule has 22 heavy (non-hydrogen) atoms. The van der Waals surface area contributed by atoms with Crippen LogP contribution in [0.4, 0.5) is 0 Å². The number of halogens is 1. The van der Waals surface area contributed by atoms with Gasteiger partial charge in [0, 0.05) is 0 Å². The van der Waals surface area contributed by atoms with Crippen LogP contribution < -0.4 is 9.30 Å². The fourth-order valence-corrected chi connectivity index (χ4v) is 2.70. The molecule has 2 aromatic carbocycles. The molecule has 0 spiro atoms. The van der Waals surface area contributed by atoms with Gasteiger partial charge >= 0.3 is 0 Å². The standard InChI is InChI=1S/C17H18ClN2O2/c1-19-12-20(16-8-4-3-7-15(16)19)10-13(21)11-22-17-9-5-2-6-14(17)18/h2-9,12-13,21H,10-11H2,1H3/q+1. The number of para-hydroxylation sites is 3. The van der Waals surface area contributed by atoms with Crippen molar-refractivity contribution in [2.75, 3.05) is 6.61 Å². The molecule has 0 saturated carbocycles. The molecule has 1 heterocycles. The lowest BCUT2D eigenvalue weighted by atomic mass is 10.3. The zero-order valence-electron chi connectivity index (χ0n) is 12.3. The minimum absolute atomic E-state index is 0.194. The topological polar surface area (TPSA) is 38.3 Å². The van der Waals surface area contributed by atoms with Crippen LogP contribution in [0, 0.1) is 0 Å². The van der Waals surface area contributed by atoms with Gasteiger partial charge in [-0.2, -0.15) is 0 Å². The van der Waals surface area contributed by atoms with Crippen molar-refractivity contribution < 1.29 is 14.4 Å². The molecular weight excluding hydrogens is 300 g/mol. The molecule has 3 aromatic rings. The van der Waals surface area contributed by atoms with E-state index in [2.05, 4.69) is 6.07 Å². The number of rotatable bonds is 5. The van der Waals surface area contributed by atoms with E-state index in [0.29, 0.717) is 17.3 Å². The summed E-state index contributed by atoms with van der Waals surface area (Å²) in [5, 5.41) is 10.8. The molecule has 0 aliphatic heterocycles. The highest BCUT2D eigenvalue weighted by atomic mass is 35.5. The Bertz CT molecular complexity index is 785. The largest absolute Gasteiger partial charge is 0.489 e. The summed E-state index contributed by atoms with van der Waals surface area (Å²) in [6.07, 6.45) is 1.36. The van der Waals surface area contributed by atoms with Crippen molar-refractivity contribution in [3.63, 3.8) is 0 Å². The molecule has 5 heteroatoms. The van der Waals surface area contributed by atoms with Crippen LogP contribution in [0.5, 0.6) is 5.75 Å². The van der Waals surface area contributed by atoms with Crippen molar-refractivity contribution in [3.8, 4) is 5.75 Å². The molecule has 0 amide bonds. The number of nitrogens with zero attached hydrogens (tertiary/aromatic N) is 2. The number of fused-ring (bicyclic) bond motifs is 1. The number of hydrogen-bond acceptors (Lipinski definition) is 2. The summed E-state index contributed by atoms with van der Waals surface area (Å²) in [6, 6.07) is 15.3. The molecule has 1 atom stereocenters. The Hall–Kier alpha value is -2.04. The molecule has 1 N–H and O–H groups in total. The monoisotopic (exact) mass is 317 g/mol. The Kier molecular flexibility index (Phi) is 4.32. The third-order valence-corrected chi connectivity index (χ3v) is 3.87. The van der Waals surface area contributed by atoms with Crippen LogP contribution in [0.3, 0.4) is 0 Å². The predicted molar refractivity (Wildman–Crippen MR) is 86.1 cm³/mol. The van der Waals surface area contributed by atoms with Crippen LogP contribution in [0.25, 0.3) is 11.0 Å². The number of aliphatic hydroxyl groups excluding tert-OH is 1. The lowest BCUT2D eigenvalue weighted by Crippen LogP contribution is -2.27. The van der Waals surface area contributed by atoms with Crippen molar-refractivity contribution >= 4 is 22.6 Å². The van der Waals surface area contributed by atoms with Crippen molar-refractivity contribution in [1.29, 1.82) is 0 Å². The summed E-state index contributed by atoms with van der Waals surface area (Å²) in [4.78, 5) is 0. The smallest absolute Gasteiger partial charge is 0.244 e. The van der Waals surface area contributed by atoms with E-state index < -0.39 is 6.10 Å². The molecule has 114 valence electrons. The van der Waals surface area contributed by atoms with Crippen LogP contribution in [-0.4, -0.2) is 22.4 Å². The van der Waals surface area contributed by atoms with Gasteiger partial charge in [0.2, 0.25) is 6.33 Å². The lowest BCUT2D eigenvalue weighted by molar-refractivity contribution is -0.645. The van der Waals surface area contributed by atoms with Gasteiger partial charge in [-0.1, -0.05) is 35.9 Å². The third-order valence-electron chi connectivity index (χ3n) is 3.56. The van der Waals surface area contributed by atoms with E-state index in [1.165, 1.54) is 0 Å². The summed E-state index contributed by atoms with van der Waals surface area (Å²) in [6.45, 7) is 0.658. The highest BCUT2D eigenvalue weighted by Crippen LogP contribution is 2.23. The summed E-state index contributed by atoms with van der Waals surface area (Å²) in [5.74, 6) is 0.589. The van der Waals surface area contributed by atoms with Gasteiger partial charge < -0.3 is 9.84 Å². The van der Waals surface area contributed by atoms with Crippen LogP contribution >= 0.6 is 11.6 Å². The highest BCUT2D eigenvalue weighted by Gasteiger charge is 2.16. The van der Waals surface area contributed by atoms with Gasteiger partial charge in [0.15, 0.2) is 11.0 Å². The second-order valence-electron chi connectivity index (χ2n) is 5.26. The Morgan fingerprint density at radius 2 is 1.91 bits per heavy atom. The van der Waals surface area contributed by atoms with Crippen LogP contribution in [0.2, 0.25) is 5.02 Å². The summed E-state index contributed by atoms with van der Waals surface area (Å²) in [7, 11) is 1.99. The molecule has 0 aliphatic rings. The number of hydrogen-bond donors (Lipinski definition) is 1. The number of imidazole rings is 1. The molecule has 0 radical (unpaired) electrons. The summed E-state index contributed by atoms with van der Waals surface area (Å²) in [5.41, 5.74) is 2.21. The van der Waals surface area contributed by atoms with Crippen LogP contribution in [-0.2, 0) is 13.6 Å². The van der Waals surface area contributed by atoms with E-state index >= 15 is 0 Å². The minimum Gasteiger partial charge on any atom is -0.489 e. The first-order chi connectivity index (χ1) is 10.6. The van der Waals surface area contributed by atoms with Crippen molar-refractivity contribution in [2.24, 2.45) is 7.05 Å². The molecule has 1 unspecified atom stereocenters. The Morgan fingerprint density at radius 3 is 2.73 bits per heavy atom. The van der Waals surface area contributed by atoms with Gasteiger partial charge in [-0.25, -0.2) is 9.13 Å². The van der Waals surface area contributed by atoms with E-state index in [1.807, 2.05) is 52.8 Å². The maximum atomic E-state index is 10.2. The molecule has 0 fully saturated rings. The highest BCUT2D eigenvalue weighted by molar-refractivity contribution is 6.32. The first-order valence-electron chi connectivity index (χ1n) is 7.14. The van der Waals surface area contributed by atoms with E-state index in [1.54, 1.807) is 12.1 Å². The quantitative estimate of drug-likeness (QED) is 0.735. The molecular formula is C17H18ClN2O2+. The van der Waals surface area contributed by atoms with Crippen molar-refractivity contribution in [3.05, 3.63) is 59.9 Å². The van der Waals surface area contributed by atoms with Crippen LogP contribution in [0.1, 0.15) is 0 Å². The Morgan fingerprint density at radius 1 is 1.18 bits per heavy atom. The zero-order valence-corrected chi connectivity index (χ0v) is 13.1. The molecule has 0 saturated heterocycles. The molecule has 4 nitrogen and oxygen atoms in total. The fourth-order valence-electron chi connectivity index (χ4n) is 2.51. The molecule has 1 aromatic heterocycles. The van der Waals surface area contributed by atoms with E-state index in [9.17, 15) is 5.11 Å². The number of benzene rings is 2. The van der Waals surface area contributed by atoms with Gasteiger partial charge in [-0.05, 0) is 24.3 Å². The molecule has 0 aliphatic carbocycles. The van der Waals surface area contributed by atoms with Crippen molar-refractivity contribution in [2.45, 2.75) is 12.6 Å². The van der Waals surface area contributed by atoms with Gasteiger partial charge in [-0.3, -0.25) is 0 Å². The van der Waals surface area contributed by atoms with E-state index in [-0.39, 0.29) is 6.61 Å². The summed E-state index contributed by atoms with van der Waals surface area (Å²) < 4.78 is 9.65. The average Bonchev–Trinajstić information content (AvgIpc) is 2.83. The maximum absolute atomic E-state index is 10.2. The first kappa shape index (κ1) is 14.9. The number of aromatic nitrogens is 2. The van der Waals surface area contributed by atoms with Gasteiger partial charge in [0.1, 0.15) is 25.0 Å². The normalized spacial score (nSPS) is 12.5. The van der Waals surface area contributed by atoms with Crippen molar-refractivity contribution in [1.82, 2.24) is 4.57 Å². The van der Waals surface area contributed by atoms with Gasteiger partial charge in [-0.15, -0.1) is 0 Å². The third kappa shape index (κ3) is 3.08. The molecule has 3 rings (SSSR count). The number of ether oxygens (including phenoxy) is 1. The van der Waals surface area contributed by atoms with Gasteiger partial charge in [0.25, 0.3) is 0 Å². The second-order valence-corrected chi connectivity index (χ2v) is 5.67. The lowest BCUT2D eigenvalue weighted by Gasteiger charge is -2.11. The van der Waals surface area contributed by atoms with E-state index in [4.69, 9.17) is 16.3 Å². The SMILES string of the molecule is C[n+]1cn(CC(O)COc2ccccc2Cl)c2ccccc21. The Balaban J connectivity index is 1.69. The van der Waals surface area contributed by atoms with Gasteiger partial charge in [0.05, 0.1) is 12.1 Å². The molecule has 0 bridgehead atoms. The second kappa shape index (κ2) is 6.38. The zero-order chi connectivity index (χ0) is 15.5. The predicted octanol–water partition coefficient (Wildman–Crippen LogP) is 2.56. The Labute approximate surface area is 134 Å².